The predicted octanol–water partition coefficient (Wildman–Crippen LogP) is 4.28. The maximum absolute atomic E-state index is 10.6. The van der Waals surface area contributed by atoms with E-state index in [4.69, 9.17) is 9.90 Å². The Morgan fingerprint density at radius 2 is 2.04 bits per heavy atom. The number of carbonyl (C=O) groups is 1. The normalized spacial score (nSPS) is 24.5. The molecule has 2 aliphatic rings. The maximum Gasteiger partial charge on any atom is 0.490 e. The van der Waals surface area contributed by atoms with Crippen LogP contribution in [-0.4, -0.2) is 30.0 Å². The highest BCUT2D eigenvalue weighted by molar-refractivity contribution is 9.10. The summed E-state index contributed by atoms with van der Waals surface area (Å²) < 4.78 is 32.9. The van der Waals surface area contributed by atoms with Crippen molar-refractivity contribution < 1.29 is 23.1 Å². The van der Waals surface area contributed by atoms with Crippen molar-refractivity contribution in [2.75, 3.05) is 11.9 Å². The quantitative estimate of drug-likeness (QED) is 0.624. The van der Waals surface area contributed by atoms with Crippen molar-refractivity contribution in [3.63, 3.8) is 0 Å². The van der Waals surface area contributed by atoms with Crippen LogP contribution in [0.2, 0.25) is 0 Å². The number of carboxylic acid groups (broad SMARTS) is 1. The van der Waals surface area contributed by atoms with Gasteiger partial charge in [0, 0.05) is 15.6 Å². The number of rotatable bonds is 2. The topological polar surface area (TPSA) is 61.4 Å². The smallest absolute Gasteiger partial charge is 0.475 e. The van der Waals surface area contributed by atoms with Crippen LogP contribution in [0.3, 0.4) is 0 Å². The zero-order valence-corrected chi connectivity index (χ0v) is 15.5. The van der Waals surface area contributed by atoms with E-state index in [1.54, 1.807) is 0 Å². The van der Waals surface area contributed by atoms with Crippen molar-refractivity contribution in [1.82, 2.24) is 5.32 Å². The minimum absolute atomic E-state index is 0.0627. The van der Waals surface area contributed by atoms with Crippen molar-refractivity contribution in [2.24, 2.45) is 5.41 Å². The molecule has 0 aliphatic carbocycles. The lowest BCUT2D eigenvalue weighted by molar-refractivity contribution is -0.192. The first kappa shape index (κ1) is 19.8. The standard InChI is InChI=1S/C15H19BrN2.C2HF3O2/c1-4-14(2,3)15-7-8-17-13(15)18-12-9-10(16)5-6-11(12)15;3-2(4,5)1(6)7/h4-6,9,13,17-18H,1,7-8H2,2-3H3;(H,6,7)/t13-,15-;/m1./s1. The highest BCUT2D eigenvalue weighted by Gasteiger charge is 2.57. The number of carboxylic acids is 1. The molecule has 4 nitrogen and oxygen atoms in total. The van der Waals surface area contributed by atoms with E-state index in [2.05, 4.69) is 71.3 Å². The molecule has 1 fully saturated rings. The Morgan fingerprint density at radius 3 is 2.56 bits per heavy atom. The Balaban J connectivity index is 0.000000277. The first-order valence-corrected chi connectivity index (χ1v) is 8.48. The molecule has 2 aliphatic heterocycles. The van der Waals surface area contributed by atoms with Crippen molar-refractivity contribution in [3.8, 4) is 0 Å². The second kappa shape index (κ2) is 6.64. The number of alkyl halides is 3. The molecule has 1 saturated heterocycles. The molecular formula is C17H20BrF3N2O2. The lowest BCUT2D eigenvalue weighted by Gasteiger charge is -2.42. The molecular weight excluding hydrogens is 401 g/mol. The van der Waals surface area contributed by atoms with E-state index < -0.39 is 12.1 Å². The fraction of sp³-hybridized carbons (Fsp3) is 0.471. The molecule has 0 radical (unpaired) electrons. The van der Waals surface area contributed by atoms with E-state index in [0.717, 1.165) is 17.4 Å². The monoisotopic (exact) mass is 420 g/mol. The molecule has 0 unspecified atom stereocenters. The average Bonchev–Trinajstić information content (AvgIpc) is 3.03. The second-order valence-corrected chi connectivity index (χ2v) is 7.59. The van der Waals surface area contributed by atoms with Crippen LogP contribution in [0.5, 0.6) is 0 Å². The zero-order chi connectivity index (χ0) is 19.0. The molecule has 0 saturated carbocycles. The molecule has 2 heterocycles. The van der Waals surface area contributed by atoms with E-state index in [0.29, 0.717) is 6.17 Å². The SMILES string of the molecule is C=CC(C)(C)[C@@]12CCN[C@@H]1Nc1cc(Br)ccc12.O=C(O)C(F)(F)F. The zero-order valence-electron chi connectivity index (χ0n) is 13.9. The number of hydrogen-bond acceptors (Lipinski definition) is 3. The summed E-state index contributed by atoms with van der Waals surface area (Å²) in [6, 6.07) is 6.57. The van der Waals surface area contributed by atoms with Gasteiger partial charge in [0.05, 0.1) is 6.17 Å². The van der Waals surface area contributed by atoms with Gasteiger partial charge < -0.3 is 10.4 Å². The summed E-state index contributed by atoms with van der Waals surface area (Å²) in [5, 5.41) is 14.3. The molecule has 2 atom stereocenters. The van der Waals surface area contributed by atoms with Gasteiger partial charge in [-0.1, -0.05) is 41.9 Å². The minimum atomic E-state index is -5.08. The van der Waals surface area contributed by atoms with Gasteiger partial charge in [0.2, 0.25) is 0 Å². The number of allylic oxidation sites excluding steroid dienone is 1. The van der Waals surface area contributed by atoms with E-state index in [1.807, 2.05) is 0 Å². The van der Waals surface area contributed by atoms with E-state index in [9.17, 15) is 13.2 Å². The summed E-state index contributed by atoms with van der Waals surface area (Å²) in [4.78, 5) is 8.90. The molecule has 8 heteroatoms. The first-order chi connectivity index (χ1) is 11.5. The first-order valence-electron chi connectivity index (χ1n) is 7.69. The van der Waals surface area contributed by atoms with Crippen LogP contribution in [-0.2, 0) is 10.2 Å². The van der Waals surface area contributed by atoms with Gasteiger partial charge in [0.15, 0.2) is 0 Å². The van der Waals surface area contributed by atoms with Gasteiger partial charge in [-0.05, 0) is 36.1 Å². The predicted molar refractivity (Wildman–Crippen MR) is 93.5 cm³/mol. The number of fused-ring (bicyclic) bond motifs is 3. The summed E-state index contributed by atoms with van der Waals surface area (Å²) in [5.41, 5.74) is 2.85. The third-order valence-electron chi connectivity index (χ3n) is 5.03. The number of anilines is 1. The summed E-state index contributed by atoms with van der Waals surface area (Å²) in [6.07, 6.45) is -1.51. The molecule has 0 bridgehead atoms. The molecule has 0 aromatic heterocycles. The van der Waals surface area contributed by atoms with Crippen molar-refractivity contribution in [2.45, 2.75) is 38.0 Å². The Labute approximate surface area is 152 Å². The third kappa shape index (κ3) is 3.42. The molecule has 138 valence electrons. The Bertz CT molecular complexity index is 691. The maximum atomic E-state index is 10.6. The highest BCUT2D eigenvalue weighted by atomic mass is 79.9. The number of benzene rings is 1. The van der Waals surface area contributed by atoms with Crippen molar-refractivity contribution >= 4 is 27.6 Å². The van der Waals surface area contributed by atoms with Crippen LogP contribution in [0.4, 0.5) is 18.9 Å². The molecule has 0 spiro atoms. The molecule has 0 amide bonds. The third-order valence-corrected chi connectivity index (χ3v) is 5.52. The van der Waals surface area contributed by atoms with E-state index in [-0.39, 0.29) is 10.8 Å². The highest BCUT2D eigenvalue weighted by Crippen LogP contribution is 2.56. The van der Waals surface area contributed by atoms with Crippen LogP contribution < -0.4 is 10.6 Å². The van der Waals surface area contributed by atoms with Gasteiger partial charge in [-0.15, -0.1) is 6.58 Å². The number of halogens is 4. The fourth-order valence-corrected chi connectivity index (χ4v) is 3.96. The number of nitrogens with one attached hydrogen (secondary N) is 2. The van der Waals surface area contributed by atoms with Crippen LogP contribution in [0.25, 0.3) is 0 Å². The van der Waals surface area contributed by atoms with Crippen molar-refractivity contribution in [3.05, 3.63) is 40.9 Å². The second-order valence-electron chi connectivity index (χ2n) is 6.67. The van der Waals surface area contributed by atoms with Gasteiger partial charge in [-0.3, -0.25) is 5.32 Å². The van der Waals surface area contributed by atoms with Crippen LogP contribution in [0.15, 0.2) is 35.3 Å². The van der Waals surface area contributed by atoms with Crippen molar-refractivity contribution in [1.29, 1.82) is 0 Å². The van der Waals surface area contributed by atoms with Crippen LogP contribution in [0.1, 0.15) is 25.8 Å². The lowest BCUT2D eigenvalue weighted by atomic mass is 9.61. The summed E-state index contributed by atoms with van der Waals surface area (Å²) in [5.74, 6) is -2.76. The number of aliphatic carboxylic acids is 1. The summed E-state index contributed by atoms with van der Waals surface area (Å²) in [6.45, 7) is 9.70. The lowest BCUT2D eigenvalue weighted by Crippen LogP contribution is -2.49. The molecule has 25 heavy (non-hydrogen) atoms. The van der Waals surface area contributed by atoms with Gasteiger partial charge in [0.1, 0.15) is 0 Å². The average molecular weight is 421 g/mol. The Morgan fingerprint density at radius 1 is 1.44 bits per heavy atom. The van der Waals surface area contributed by atoms with Crippen LogP contribution >= 0.6 is 15.9 Å². The van der Waals surface area contributed by atoms with E-state index >= 15 is 0 Å². The van der Waals surface area contributed by atoms with Gasteiger partial charge in [-0.25, -0.2) is 4.79 Å². The largest absolute Gasteiger partial charge is 0.490 e. The minimum Gasteiger partial charge on any atom is -0.475 e. The Kier molecular flexibility index (Phi) is 5.26. The fourth-order valence-electron chi connectivity index (χ4n) is 3.60. The molecule has 3 N–H and O–H groups in total. The van der Waals surface area contributed by atoms with Crippen LogP contribution in [0, 0.1) is 5.41 Å². The Hall–Kier alpha value is -1.54. The van der Waals surface area contributed by atoms with E-state index in [1.165, 1.54) is 11.3 Å². The molecule has 3 rings (SSSR count). The summed E-state index contributed by atoms with van der Waals surface area (Å²) >= 11 is 3.55. The van der Waals surface area contributed by atoms with Gasteiger partial charge >= 0.3 is 12.1 Å². The molecule has 1 aromatic rings. The number of hydrogen-bond donors (Lipinski definition) is 3. The molecule has 1 aromatic carbocycles. The summed E-state index contributed by atoms with van der Waals surface area (Å²) in [7, 11) is 0. The van der Waals surface area contributed by atoms with Gasteiger partial charge in [-0.2, -0.15) is 13.2 Å². The van der Waals surface area contributed by atoms with Gasteiger partial charge in [0.25, 0.3) is 0 Å².